The second-order valence-electron chi connectivity index (χ2n) is 5.51. The van der Waals surface area contributed by atoms with Crippen molar-refractivity contribution in [2.45, 2.75) is 52.9 Å². The average molecular weight is 250 g/mol. The molecule has 0 spiro atoms. The molecule has 0 radical (unpaired) electrons. The number of anilines is 2. The molecule has 4 nitrogen and oxygen atoms in total. The van der Waals surface area contributed by atoms with Crippen LogP contribution in [0.1, 0.15) is 58.7 Å². The van der Waals surface area contributed by atoms with Crippen LogP contribution in [-0.4, -0.2) is 16.5 Å². The molecular formula is C14H26N4. The number of hydrogen-bond acceptors (Lipinski definition) is 4. The van der Waals surface area contributed by atoms with Gasteiger partial charge >= 0.3 is 0 Å². The molecule has 0 bridgehead atoms. The van der Waals surface area contributed by atoms with Crippen LogP contribution in [0, 0.1) is 5.92 Å². The predicted octanol–water partition coefficient (Wildman–Crippen LogP) is 3.42. The molecular weight excluding hydrogens is 224 g/mol. The highest BCUT2D eigenvalue weighted by Gasteiger charge is 2.06. The van der Waals surface area contributed by atoms with Crippen LogP contribution >= 0.6 is 0 Å². The molecule has 4 heteroatoms. The molecule has 1 aromatic rings. The van der Waals surface area contributed by atoms with Gasteiger partial charge in [-0.2, -0.15) is 0 Å². The average Bonchev–Trinajstić information content (AvgIpc) is 2.27. The lowest BCUT2D eigenvalue weighted by atomic mass is 10.1. The summed E-state index contributed by atoms with van der Waals surface area (Å²) in [6, 6.07) is 1.80. The van der Waals surface area contributed by atoms with Gasteiger partial charge in [0.25, 0.3) is 0 Å². The highest BCUT2D eigenvalue weighted by Crippen LogP contribution is 2.15. The van der Waals surface area contributed by atoms with Gasteiger partial charge in [0.15, 0.2) is 0 Å². The first kappa shape index (κ1) is 14.7. The monoisotopic (exact) mass is 250 g/mol. The van der Waals surface area contributed by atoms with Gasteiger partial charge in [0, 0.05) is 18.5 Å². The molecule has 0 aliphatic rings. The summed E-state index contributed by atoms with van der Waals surface area (Å²) in [5, 5.41) is 3.32. The first-order chi connectivity index (χ1) is 8.49. The zero-order valence-corrected chi connectivity index (χ0v) is 12.0. The summed E-state index contributed by atoms with van der Waals surface area (Å²) in [5.41, 5.74) is 5.78. The molecule has 102 valence electrons. The quantitative estimate of drug-likeness (QED) is 0.728. The number of hydrogen-bond donors (Lipinski definition) is 2. The third-order valence-corrected chi connectivity index (χ3v) is 2.79. The van der Waals surface area contributed by atoms with E-state index in [0.29, 0.717) is 11.7 Å². The summed E-state index contributed by atoms with van der Waals surface area (Å²) in [7, 11) is 0. The Morgan fingerprint density at radius 1 is 1.17 bits per heavy atom. The van der Waals surface area contributed by atoms with E-state index in [0.717, 1.165) is 24.1 Å². The Morgan fingerprint density at radius 2 is 1.89 bits per heavy atom. The molecule has 1 rings (SSSR count). The lowest BCUT2D eigenvalue weighted by molar-refractivity contribution is 0.544. The van der Waals surface area contributed by atoms with Gasteiger partial charge in [0.05, 0.1) is 0 Å². The molecule has 0 amide bonds. The molecule has 3 N–H and O–H groups in total. The van der Waals surface area contributed by atoms with Crippen molar-refractivity contribution >= 4 is 11.6 Å². The van der Waals surface area contributed by atoms with Gasteiger partial charge < -0.3 is 11.1 Å². The van der Waals surface area contributed by atoms with E-state index in [4.69, 9.17) is 5.73 Å². The molecule has 0 aliphatic heterocycles. The van der Waals surface area contributed by atoms with Crippen LogP contribution in [0.25, 0.3) is 0 Å². The normalized spacial score (nSPS) is 11.2. The van der Waals surface area contributed by atoms with Gasteiger partial charge in [-0.15, -0.1) is 0 Å². The van der Waals surface area contributed by atoms with Crippen molar-refractivity contribution in [3.05, 3.63) is 11.9 Å². The van der Waals surface area contributed by atoms with Gasteiger partial charge in [0.2, 0.25) is 0 Å². The van der Waals surface area contributed by atoms with Crippen LogP contribution in [0.2, 0.25) is 0 Å². The third kappa shape index (κ3) is 5.34. The van der Waals surface area contributed by atoms with Crippen molar-refractivity contribution in [2.75, 3.05) is 17.6 Å². The molecule has 0 aliphatic carbocycles. The molecule has 0 atom stereocenters. The van der Waals surface area contributed by atoms with Gasteiger partial charge in [-0.25, -0.2) is 9.97 Å². The summed E-state index contributed by atoms with van der Waals surface area (Å²) in [4.78, 5) is 8.69. The zero-order chi connectivity index (χ0) is 13.5. The number of nitrogens with two attached hydrogens (primary N) is 1. The largest absolute Gasteiger partial charge is 0.384 e. The Morgan fingerprint density at radius 3 is 2.50 bits per heavy atom. The van der Waals surface area contributed by atoms with E-state index in [9.17, 15) is 0 Å². The maximum atomic E-state index is 5.78. The van der Waals surface area contributed by atoms with Crippen molar-refractivity contribution in [2.24, 2.45) is 5.92 Å². The van der Waals surface area contributed by atoms with Crippen molar-refractivity contribution < 1.29 is 0 Å². The minimum absolute atomic E-state index is 0.301. The number of aromatic nitrogens is 2. The Kier molecular flexibility index (Phi) is 5.89. The lowest BCUT2D eigenvalue weighted by Gasteiger charge is -2.10. The van der Waals surface area contributed by atoms with Crippen LogP contribution < -0.4 is 11.1 Å². The van der Waals surface area contributed by atoms with E-state index in [1.165, 1.54) is 19.3 Å². The fourth-order valence-electron chi connectivity index (χ4n) is 1.73. The second-order valence-corrected chi connectivity index (χ2v) is 5.51. The van der Waals surface area contributed by atoms with Crippen molar-refractivity contribution in [3.8, 4) is 0 Å². The molecule has 0 saturated carbocycles. The van der Waals surface area contributed by atoms with Gasteiger partial charge in [-0.05, 0) is 12.3 Å². The van der Waals surface area contributed by atoms with Crippen LogP contribution in [0.4, 0.5) is 11.6 Å². The van der Waals surface area contributed by atoms with Gasteiger partial charge in [-0.1, -0.05) is 40.5 Å². The van der Waals surface area contributed by atoms with Crippen LogP contribution in [0.5, 0.6) is 0 Å². The van der Waals surface area contributed by atoms with Crippen LogP contribution in [0.15, 0.2) is 6.07 Å². The maximum absolute atomic E-state index is 5.78. The molecule has 1 aromatic heterocycles. The van der Waals surface area contributed by atoms with Gasteiger partial charge in [-0.3, -0.25) is 0 Å². The predicted molar refractivity (Wildman–Crippen MR) is 77.7 cm³/mol. The number of nitrogens with zero attached hydrogens (tertiary/aromatic N) is 2. The van der Waals surface area contributed by atoms with E-state index < -0.39 is 0 Å². The Hall–Kier alpha value is -1.32. The van der Waals surface area contributed by atoms with Gasteiger partial charge in [0.1, 0.15) is 17.5 Å². The minimum Gasteiger partial charge on any atom is -0.384 e. The molecule has 18 heavy (non-hydrogen) atoms. The van der Waals surface area contributed by atoms with Crippen LogP contribution in [-0.2, 0) is 0 Å². The smallest absolute Gasteiger partial charge is 0.135 e. The number of nitrogen functional groups attached to an aromatic ring is 1. The van der Waals surface area contributed by atoms with E-state index in [2.05, 4.69) is 43.0 Å². The molecule has 0 aromatic carbocycles. The Balaban J connectivity index is 2.42. The highest BCUT2D eigenvalue weighted by atomic mass is 15.0. The van der Waals surface area contributed by atoms with Crippen molar-refractivity contribution in [1.29, 1.82) is 0 Å². The first-order valence-electron chi connectivity index (χ1n) is 6.87. The first-order valence-corrected chi connectivity index (χ1v) is 6.87. The topological polar surface area (TPSA) is 63.8 Å². The zero-order valence-electron chi connectivity index (χ0n) is 12.0. The number of nitrogens with one attached hydrogen (secondary N) is 1. The highest BCUT2D eigenvalue weighted by molar-refractivity contribution is 5.44. The summed E-state index contributed by atoms with van der Waals surface area (Å²) in [6.45, 7) is 9.60. The fraction of sp³-hybridized carbons (Fsp3) is 0.714. The van der Waals surface area contributed by atoms with Crippen LogP contribution in [0.3, 0.4) is 0 Å². The molecule has 1 heterocycles. The summed E-state index contributed by atoms with van der Waals surface area (Å²) in [6.07, 6.45) is 3.70. The number of unbranched alkanes of at least 4 members (excludes halogenated alkanes) is 1. The summed E-state index contributed by atoms with van der Waals surface area (Å²) < 4.78 is 0. The Labute approximate surface area is 110 Å². The van der Waals surface area contributed by atoms with E-state index in [1.807, 2.05) is 0 Å². The van der Waals surface area contributed by atoms with E-state index in [1.54, 1.807) is 6.07 Å². The van der Waals surface area contributed by atoms with E-state index >= 15 is 0 Å². The van der Waals surface area contributed by atoms with Crippen molar-refractivity contribution in [3.63, 3.8) is 0 Å². The van der Waals surface area contributed by atoms with E-state index in [-0.39, 0.29) is 0 Å². The number of rotatable bonds is 7. The summed E-state index contributed by atoms with van der Waals surface area (Å²) >= 11 is 0. The molecule has 0 fully saturated rings. The SMILES string of the molecule is CC(C)CCCCNc1cc(N)nc(C(C)C)n1. The molecule has 0 unspecified atom stereocenters. The fourth-order valence-corrected chi connectivity index (χ4v) is 1.73. The lowest BCUT2D eigenvalue weighted by Crippen LogP contribution is -2.08. The van der Waals surface area contributed by atoms with Crippen molar-refractivity contribution in [1.82, 2.24) is 9.97 Å². The second kappa shape index (κ2) is 7.19. The minimum atomic E-state index is 0.301. The standard InChI is InChI=1S/C14H26N4/c1-10(2)7-5-6-8-16-13-9-12(15)17-14(18-13)11(3)4/h9-11H,5-8H2,1-4H3,(H3,15,16,17,18). The third-order valence-electron chi connectivity index (χ3n) is 2.79. The molecule has 0 saturated heterocycles. The Bertz CT molecular complexity index is 361. The maximum Gasteiger partial charge on any atom is 0.135 e. The summed E-state index contributed by atoms with van der Waals surface area (Å²) in [5.74, 6) is 3.27.